The van der Waals surface area contributed by atoms with E-state index in [-0.39, 0.29) is 11.9 Å². The van der Waals surface area contributed by atoms with Gasteiger partial charge in [0.1, 0.15) is 5.82 Å². The van der Waals surface area contributed by atoms with Gasteiger partial charge in [-0.15, -0.1) is 0 Å². The van der Waals surface area contributed by atoms with E-state index in [4.69, 9.17) is 0 Å². The molecule has 1 rings (SSSR count). The van der Waals surface area contributed by atoms with Crippen LogP contribution in [0.4, 0.5) is 4.39 Å². The Morgan fingerprint density at radius 3 is 2.00 bits per heavy atom. The molecule has 1 aromatic carbocycles. The molecule has 0 radical (unpaired) electrons. The fraction of sp³-hybridized carbons (Fsp3) is 0.625. The SMILES string of the molecule is CC(NCCN(C(C)C)C(C)C)c1ccc(F)cc1. The third-order valence-electron chi connectivity index (χ3n) is 3.52. The van der Waals surface area contributed by atoms with Crippen molar-refractivity contribution in [2.45, 2.75) is 52.7 Å². The van der Waals surface area contributed by atoms with Crippen LogP contribution < -0.4 is 5.32 Å². The first kappa shape index (κ1) is 16.1. The van der Waals surface area contributed by atoms with Crippen molar-refractivity contribution in [1.82, 2.24) is 10.2 Å². The summed E-state index contributed by atoms with van der Waals surface area (Å²) in [6, 6.07) is 8.09. The van der Waals surface area contributed by atoms with Crippen molar-refractivity contribution in [2.75, 3.05) is 13.1 Å². The molecule has 3 heteroatoms. The number of halogens is 1. The van der Waals surface area contributed by atoms with Gasteiger partial charge in [-0.25, -0.2) is 4.39 Å². The summed E-state index contributed by atoms with van der Waals surface area (Å²) >= 11 is 0. The fourth-order valence-corrected chi connectivity index (χ4v) is 2.39. The summed E-state index contributed by atoms with van der Waals surface area (Å²) in [7, 11) is 0. The summed E-state index contributed by atoms with van der Waals surface area (Å²) < 4.78 is 12.9. The highest BCUT2D eigenvalue weighted by Crippen LogP contribution is 2.12. The Morgan fingerprint density at radius 1 is 1.00 bits per heavy atom. The summed E-state index contributed by atoms with van der Waals surface area (Å²) in [4.78, 5) is 2.46. The van der Waals surface area contributed by atoms with Crippen molar-refractivity contribution in [1.29, 1.82) is 0 Å². The molecule has 0 aromatic heterocycles. The standard InChI is InChI=1S/C16H27FN2/c1-12(2)19(13(3)4)11-10-18-14(5)15-6-8-16(17)9-7-15/h6-9,12-14,18H,10-11H2,1-5H3. The van der Waals surface area contributed by atoms with E-state index >= 15 is 0 Å². The van der Waals surface area contributed by atoms with Crippen LogP contribution in [-0.2, 0) is 0 Å². The van der Waals surface area contributed by atoms with Gasteiger partial charge in [-0.2, -0.15) is 0 Å². The molecule has 0 saturated heterocycles. The van der Waals surface area contributed by atoms with E-state index in [2.05, 4.69) is 44.8 Å². The Balaban J connectivity index is 2.42. The van der Waals surface area contributed by atoms with E-state index in [1.165, 1.54) is 12.1 Å². The zero-order chi connectivity index (χ0) is 14.4. The first-order valence-corrected chi connectivity index (χ1v) is 7.16. The lowest BCUT2D eigenvalue weighted by Gasteiger charge is -2.31. The maximum Gasteiger partial charge on any atom is 0.123 e. The van der Waals surface area contributed by atoms with Crippen LogP contribution in [-0.4, -0.2) is 30.1 Å². The van der Waals surface area contributed by atoms with Crippen LogP contribution in [0, 0.1) is 5.82 Å². The maximum absolute atomic E-state index is 12.9. The molecule has 2 nitrogen and oxygen atoms in total. The Labute approximate surface area is 117 Å². The fourth-order valence-electron chi connectivity index (χ4n) is 2.39. The van der Waals surface area contributed by atoms with E-state index in [9.17, 15) is 4.39 Å². The van der Waals surface area contributed by atoms with Gasteiger partial charge >= 0.3 is 0 Å². The minimum Gasteiger partial charge on any atom is -0.309 e. The van der Waals surface area contributed by atoms with Crippen molar-refractivity contribution >= 4 is 0 Å². The largest absolute Gasteiger partial charge is 0.309 e. The van der Waals surface area contributed by atoms with Gasteiger partial charge in [-0.1, -0.05) is 12.1 Å². The summed E-state index contributed by atoms with van der Waals surface area (Å²) in [5, 5.41) is 3.49. The predicted molar refractivity (Wildman–Crippen MR) is 79.8 cm³/mol. The van der Waals surface area contributed by atoms with Gasteiger partial charge in [0, 0.05) is 31.2 Å². The lowest BCUT2D eigenvalue weighted by molar-refractivity contribution is 0.174. The number of nitrogens with zero attached hydrogens (tertiary/aromatic N) is 1. The van der Waals surface area contributed by atoms with Gasteiger partial charge in [-0.3, -0.25) is 4.90 Å². The van der Waals surface area contributed by atoms with Gasteiger partial charge < -0.3 is 5.32 Å². The van der Waals surface area contributed by atoms with Crippen LogP contribution in [0.1, 0.15) is 46.2 Å². The summed E-state index contributed by atoms with van der Waals surface area (Å²) in [5.41, 5.74) is 1.13. The Bertz CT molecular complexity index is 352. The summed E-state index contributed by atoms with van der Waals surface area (Å²) in [6.07, 6.45) is 0. The number of hydrogen-bond donors (Lipinski definition) is 1. The molecular formula is C16H27FN2. The molecule has 1 aromatic rings. The molecule has 0 fully saturated rings. The average Bonchev–Trinajstić information content (AvgIpc) is 2.34. The first-order chi connectivity index (χ1) is 8.91. The minimum absolute atomic E-state index is 0.179. The van der Waals surface area contributed by atoms with Gasteiger partial charge in [-0.05, 0) is 52.3 Å². The minimum atomic E-state index is -0.179. The molecule has 108 valence electrons. The third-order valence-corrected chi connectivity index (χ3v) is 3.52. The third kappa shape index (κ3) is 5.29. The molecule has 1 atom stereocenters. The molecule has 0 bridgehead atoms. The maximum atomic E-state index is 12.9. The Hall–Kier alpha value is -0.930. The molecule has 1 N–H and O–H groups in total. The molecule has 19 heavy (non-hydrogen) atoms. The number of rotatable bonds is 7. The molecule has 0 aliphatic carbocycles. The molecule has 0 heterocycles. The summed E-state index contributed by atoms with van der Waals surface area (Å²) in [5.74, 6) is -0.179. The summed E-state index contributed by atoms with van der Waals surface area (Å²) in [6.45, 7) is 13.0. The molecular weight excluding hydrogens is 239 g/mol. The van der Waals surface area contributed by atoms with Crippen LogP contribution in [0.5, 0.6) is 0 Å². The van der Waals surface area contributed by atoms with E-state index in [1.54, 1.807) is 0 Å². The van der Waals surface area contributed by atoms with Gasteiger partial charge in [0.2, 0.25) is 0 Å². The topological polar surface area (TPSA) is 15.3 Å². The van der Waals surface area contributed by atoms with Gasteiger partial charge in [0.25, 0.3) is 0 Å². The lowest BCUT2D eigenvalue weighted by atomic mass is 10.1. The molecule has 0 saturated carbocycles. The van der Waals surface area contributed by atoms with E-state index < -0.39 is 0 Å². The van der Waals surface area contributed by atoms with Gasteiger partial charge in [0.05, 0.1) is 0 Å². The first-order valence-electron chi connectivity index (χ1n) is 7.16. The van der Waals surface area contributed by atoms with Crippen molar-refractivity contribution < 1.29 is 4.39 Å². The van der Waals surface area contributed by atoms with Crippen LogP contribution in [0.2, 0.25) is 0 Å². The smallest absolute Gasteiger partial charge is 0.123 e. The van der Waals surface area contributed by atoms with E-state index in [0.29, 0.717) is 12.1 Å². The van der Waals surface area contributed by atoms with Crippen LogP contribution in [0.15, 0.2) is 24.3 Å². The van der Waals surface area contributed by atoms with Crippen molar-refractivity contribution in [3.8, 4) is 0 Å². The second-order valence-corrected chi connectivity index (χ2v) is 5.65. The molecule has 0 spiro atoms. The second kappa shape index (κ2) is 7.61. The van der Waals surface area contributed by atoms with Crippen LogP contribution in [0.3, 0.4) is 0 Å². The van der Waals surface area contributed by atoms with Crippen LogP contribution >= 0.6 is 0 Å². The number of benzene rings is 1. The van der Waals surface area contributed by atoms with Crippen molar-refractivity contribution in [2.24, 2.45) is 0 Å². The van der Waals surface area contributed by atoms with Crippen LogP contribution in [0.25, 0.3) is 0 Å². The molecule has 0 aliphatic heterocycles. The van der Waals surface area contributed by atoms with Crippen molar-refractivity contribution in [3.63, 3.8) is 0 Å². The number of nitrogens with one attached hydrogen (secondary N) is 1. The lowest BCUT2D eigenvalue weighted by Crippen LogP contribution is -2.41. The van der Waals surface area contributed by atoms with Gasteiger partial charge in [0.15, 0.2) is 0 Å². The Morgan fingerprint density at radius 2 is 1.53 bits per heavy atom. The average molecular weight is 266 g/mol. The molecule has 1 unspecified atom stereocenters. The molecule has 0 aliphatic rings. The molecule has 0 amide bonds. The van der Waals surface area contributed by atoms with Crippen molar-refractivity contribution in [3.05, 3.63) is 35.6 Å². The zero-order valence-electron chi connectivity index (χ0n) is 12.8. The van der Waals surface area contributed by atoms with E-state index in [0.717, 1.165) is 18.7 Å². The second-order valence-electron chi connectivity index (χ2n) is 5.65. The highest BCUT2D eigenvalue weighted by molar-refractivity contribution is 5.19. The highest BCUT2D eigenvalue weighted by Gasteiger charge is 2.13. The quantitative estimate of drug-likeness (QED) is 0.811. The normalized spacial score (nSPS) is 13.5. The number of hydrogen-bond acceptors (Lipinski definition) is 2. The Kier molecular flexibility index (Phi) is 6.46. The van der Waals surface area contributed by atoms with E-state index in [1.807, 2.05) is 12.1 Å². The monoisotopic (exact) mass is 266 g/mol. The predicted octanol–water partition coefficient (Wildman–Crippen LogP) is 3.60. The highest BCUT2D eigenvalue weighted by atomic mass is 19.1. The zero-order valence-corrected chi connectivity index (χ0v) is 12.8.